The van der Waals surface area contributed by atoms with Crippen LogP contribution in [0.2, 0.25) is 0 Å². The van der Waals surface area contributed by atoms with Crippen LogP contribution in [0.25, 0.3) is 0 Å². The van der Waals surface area contributed by atoms with Gasteiger partial charge in [-0.3, -0.25) is 4.98 Å². The molecule has 1 N–H and O–H groups in total. The molecule has 0 spiro atoms. The van der Waals surface area contributed by atoms with Crippen LogP contribution in [0.4, 0.5) is 5.69 Å². The van der Waals surface area contributed by atoms with E-state index in [0.717, 1.165) is 27.0 Å². The predicted octanol–water partition coefficient (Wildman–Crippen LogP) is 4.82. The first-order chi connectivity index (χ1) is 11.8. The molecule has 2 heterocycles. The topological polar surface area (TPSA) is 48.7 Å². The first-order valence-electron chi connectivity index (χ1n) is 7.70. The molecule has 0 bridgehead atoms. The van der Waals surface area contributed by atoms with Crippen molar-refractivity contribution in [1.82, 2.24) is 4.98 Å². The van der Waals surface area contributed by atoms with Gasteiger partial charge >= 0.3 is 0 Å². The van der Waals surface area contributed by atoms with Gasteiger partial charge in [-0.2, -0.15) is 5.26 Å². The molecule has 4 heteroatoms. The molecule has 1 aliphatic heterocycles. The second-order valence-electron chi connectivity index (χ2n) is 5.82. The lowest BCUT2D eigenvalue weighted by molar-refractivity contribution is 0.574. The fraction of sp³-hybridized carbons (Fsp3) is 0.100. The van der Waals surface area contributed by atoms with Crippen LogP contribution in [-0.4, -0.2) is 4.98 Å². The third kappa shape index (κ3) is 2.13. The molecule has 2 aromatic carbocycles. The van der Waals surface area contributed by atoms with Crippen LogP contribution < -0.4 is 5.32 Å². The molecule has 0 unspecified atom stereocenters. The van der Waals surface area contributed by atoms with Gasteiger partial charge in [-0.25, -0.2) is 0 Å². The van der Waals surface area contributed by atoms with Crippen molar-refractivity contribution in [2.45, 2.75) is 11.5 Å². The first-order valence-corrected chi connectivity index (χ1v) is 8.49. The molecule has 116 valence electrons. The average molecular weight is 376 g/mol. The van der Waals surface area contributed by atoms with Gasteiger partial charge in [0.25, 0.3) is 0 Å². The lowest BCUT2D eigenvalue weighted by Gasteiger charge is -2.29. The van der Waals surface area contributed by atoms with Crippen LogP contribution in [-0.2, 0) is 5.41 Å². The summed E-state index contributed by atoms with van der Waals surface area (Å²) in [5, 5.41) is 13.8. The van der Waals surface area contributed by atoms with Crippen molar-refractivity contribution in [3.8, 4) is 6.07 Å². The SMILES string of the molecule is N#C[C@@]1(c2ccccc2)c2ncccc2N[C@H]1c1cccc(Br)c1. The summed E-state index contributed by atoms with van der Waals surface area (Å²) in [6.45, 7) is 0. The minimum Gasteiger partial charge on any atom is -0.374 e. The molecular formula is C20H14BrN3. The normalized spacial score (nSPS) is 21.6. The third-order valence-electron chi connectivity index (χ3n) is 4.50. The van der Waals surface area contributed by atoms with E-state index in [1.807, 2.05) is 60.7 Å². The van der Waals surface area contributed by atoms with Gasteiger partial charge in [0.2, 0.25) is 0 Å². The summed E-state index contributed by atoms with van der Waals surface area (Å²) < 4.78 is 0.991. The van der Waals surface area contributed by atoms with Crippen molar-refractivity contribution in [2.75, 3.05) is 5.32 Å². The molecule has 0 fully saturated rings. The lowest BCUT2D eigenvalue weighted by Crippen LogP contribution is -2.32. The summed E-state index contributed by atoms with van der Waals surface area (Å²) in [5.41, 5.74) is 2.82. The molecule has 0 saturated carbocycles. The largest absolute Gasteiger partial charge is 0.374 e. The zero-order valence-corrected chi connectivity index (χ0v) is 14.4. The molecule has 4 rings (SSSR count). The Hall–Kier alpha value is -2.64. The third-order valence-corrected chi connectivity index (χ3v) is 4.99. The van der Waals surface area contributed by atoms with Gasteiger partial charge in [-0.1, -0.05) is 58.4 Å². The number of anilines is 1. The molecule has 1 aliphatic rings. The number of nitriles is 1. The molecule has 0 aliphatic carbocycles. The smallest absolute Gasteiger partial charge is 0.150 e. The lowest BCUT2D eigenvalue weighted by atomic mass is 9.72. The van der Waals surface area contributed by atoms with Crippen molar-refractivity contribution in [3.63, 3.8) is 0 Å². The second-order valence-corrected chi connectivity index (χ2v) is 6.73. The summed E-state index contributed by atoms with van der Waals surface area (Å²) in [6, 6.07) is 24.2. The van der Waals surface area contributed by atoms with E-state index in [2.05, 4.69) is 38.4 Å². The minimum atomic E-state index is -0.862. The van der Waals surface area contributed by atoms with Crippen molar-refractivity contribution in [2.24, 2.45) is 0 Å². The fourth-order valence-corrected chi connectivity index (χ4v) is 3.86. The summed E-state index contributed by atoms with van der Waals surface area (Å²) in [5.74, 6) is 0. The van der Waals surface area contributed by atoms with Crippen molar-refractivity contribution < 1.29 is 0 Å². The predicted molar refractivity (Wildman–Crippen MR) is 97.6 cm³/mol. The Morgan fingerprint density at radius 2 is 1.88 bits per heavy atom. The number of halogens is 1. The van der Waals surface area contributed by atoms with Crippen LogP contribution in [0, 0.1) is 11.3 Å². The van der Waals surface area contributed by atoms with E-state index in [1.165, 1.54) is 0 Å². The van der Waals surface area contributed by atoms with Gasteiger partial charge < -0.3 is 5.32 Å². The minimum absolute atomic E-state index is 0.202. The Bertz CT molecular complexity index is 933. The number of nitrogens with one attached hydrogen (secondary N) is 1. The molecule has 0 amide bonds. The zero-order chi connectivity index (χ0) is 16.6. The number of benzene rings is 2. The van der Waals surface area contributed by atoms with E-state index >= 15 is 0 Å². The first kappa shape index (κ1) is 14.9. The molecule has 0 saturated heterocycles. The highest BCUT2D eigenvalue weighted by Crippen LogP contribution is 2.51. The maximum atomic E-state index is 10.3. The van der Waals surface area contributed by atoms with Gasteiger partial charge in [0, 0.05) is 10.7 Å². The molecule has 24 heavy (non-hydrogen) atoms. The van der Waals surface area contributed by atoms with Crippen LogP contribution in [0.5, 0.6) is 0 Å². The van der Waals surface area contributed by atoms with Crippen molar-refractivity contribution in [3.05, 3.63) is 94.2 Å². The molecule has 1 aromatic heterocycles. The van der Waals surface area contributed by atoms with E-state index in [1.54, 1.807) is 6.20 Å². The number of hydrogen-bond acceptors (Lipinski definition) is 3. The number of aromatic nitrogens is 1. The van der Waals surface area contributed by atoms with E-state index in [-0.39, 0.29) is 6.04 Å². The quantitative estimate of drug-likeness (QED) is 0.698. The molecule has 2 atom stereocenters. The van der Waals surface area contributed by atoms with Crippen LogP contribution in [0.1, 0.15) is 22.9 Å². The highest BCUT2D eigenvalue weighted by molar-refractivity contribution is 9.10. The molecule has 3 aromatic rings. The van der Waals surface area contributed by atoms with Gasteiger partial charge in [0.15, 0.2) is 5.41 Å². The van der Waals surface area contributed by atoms with Crippen molar-refractivity contribution in [1.29, 1.82) is 5.26 Å². The highest BCUT2D eigenvalue weighted by atomic mass is 79.9. The summed E-state index contributed by atoms with van der Waals surface area (Å²) in [6.07, 6.45) is 1.75. The number of fused-ring (bicyclic) bond motifs is 1. The number of hydrogen-bond donors (Lipinski definition) is 1. The summed E-state index contributed by atoms with van der Waals surface area (Å²) in [4.78, 5) is 4.56. The van der Waals surface area contributed by atoms with E-state index < -0.39 is 5.41 Å². The molecule has 0 radical (unpaired) electrons. The Morgan fingerprint density at radius 3 is 2.62 bits per heavy atom. The fourth-order valence-electron chi connectivity index (χ4n) is 3.44. The standard InChI is InChI=1S/C20H14BrN3/c21-16-9-4-6-14(12-16)18-20(13-22,15-7-2-1-3-8-15)19-17(24-18)10-5-11-23-19/h1-12,18,24H/t18-,20-/m0/s1. The number of pyridine rings is 1. The van der Waals surface area contributed by atoms with Gasteiger partial charge in [-0.15, -0.1) is 0 Å². The van der Waals surface area contributed by atoms with Gasteiger partial charge in [-0.05, 0) is 35.4 Å². The van der Waals surface area contributed by atoms with Crippen LogP contribution >= 0.6 is 15.9 Å². The van der Waals surface area contributed by atoms with Crippen LogP contribution in [0.15, 0.2) is 77.4 Å². The van der Waals surface area contributed by atoms with Gasteiger partial charge in [0.1, 0.15) is 0 Å². The monoisotopic (exact) mass is 375 g/mol. The molecule has 3 nitrogen and oxygen atoms in total. The molecular weight excluding hydrogens is 362 g/mol. The number of nitrogens with zero attached hydrogens (tertiary/aromatic N) is 2. The van der Waals surface area contributed by atoms with Crippen molar-refractivity contribution >= 4 is 21.6 Å². The maximum absolute atomic E-state index is 10.3. The Labute approximate surface area is 149 Å². The summed E-state index contributed by atoms with van der Waals surface area (Å²) >= 11 is 3.53. The second kappa shape index (κ2) is 5.77. The highest BCUT2D eigenvalue weighted by Gasteiger charge is 2.51. The Morgan fingerprint density at radius 1 is 1.04 bits per heavy atom. The van der Waals surface area contributed by atoms with Crippen LogP contribution in [0.3, 0.4) is 0 Å². The number of rotatable bonds is 2. The average Bonchev–Trinajstić information content (AvgIpc) is 2.98. The zero-order valence-electron chi connectivity index (χ0n) is 12.8. The van der Waals surface area contributed by atoms with E-state index in [4.69, 9.17) is 0 Å². The van der Waals surface area contributed by atoms with E-state index in [0.29, 0.717) is 0 Å². The van der Waals surface area contributed by atoms with E-state index in [9.17, 15) is 5.26 Å². The Kier molecular flexibility index (Phi) is 3.59. The summed E-state index contributed by atoms with van der Waals surface area (Å²) in [7, 11) is 0. The Balaban J connectivity index is 1.99. The maximum Gasteiger partial charge on any atom is 0.150 e. The van der Waals surface area contributed by atoms with Gasteiger partial charge in [0.05, 0.1) is 23.5 Å².